The summed E-state index contributed by atoms with van der Waals surface area (Å²) in [6, 6.07) is 13.2. The SMILES string of the molecule is C[C@H]1C[C@@H](c2ncc(-c3ccc(-c4ccc(-c5cnc([C@@H]6C[C@H](C)CN6C(=O)OC(C)(C)C)[nH]5)c5c4C4(CCCC4)CC5)cc3)[nH]2)N(C(=O)OC(C)(C)C)C1. The van der Waals surface area contributed by atoms with Crippen molar-refractivity contribution < 1.29 is 19.1 Å². The molecular weight excluding hydrogens is 689 g/mol. The minimum Gasteiger partial charge on any atom is -0.444 e. The number of nitrogens with one attached hydrogen (secondary N) is 2. The van der Waals surface area contributed by atoms with Gasteiger partial charge < -0.3 is 19.4 Å². The molecule has 4 aromatic rings. The zero-order chi connectivity index (χ0) is 38.9. The standard InChI is InChI=1S/C45H58N6O4/c1-27-21-36(50(25-27)41(52)54-43(3,4)5)39-46-23-34(48-39)30-13-11-29(12-14-30)31-15-16-32(33-17-20-45(38(31)33)18-9-10-19-45)35-24-47-40(49-35)37-22-28(2)26-51(37)42(53)55-44(6,7)8/h11-16,23-24,27-28,36-37H,9-10,17-22,25-26H2,1-8H3,(H,46,48)(H,47,49)/t27-,28-,36-,37-/m0/s1. The Labute approximate surface area is 325 Å². The van der Waals surface area contributed by atoms with Crippen LogP contribution in [0.1, 0.15) is 135 Å². The molecule has 1 saturated carbocycles. The van der Waals surface area contributed by atoms with Crippen LogP contribution in [0.3, 0.4) is 0 Å². The second kappa shape index (κ2) is 13.9. The number of amides is 2. The Balaban J connectivity index is 1.07. The van der Waals surface area contributed by atoms with Gasteiger partial charge in [0.2, 0.25) is 0 Å². The average Bonchev–Trinajstić information content (AvgIpc) is 3.96. The zero-order valence-corrected chi connectivity index (χ0v) is 33.9. The van der Waals surface area contributed by atoms with E-state index in [1.807, 2.05) is 63.7 Å². The second-order valence-electron chi connectivity index (χ2n) is 18.9. The van der Waals surface area contributed by atoms with Crippen LogP contribution in [-0.4, -0.2) is 66.2 Å². The van der Waals surface area contributed by atoms with Crippen LogP contribution in [0.25, 0.3) is 33.6 Å². The van der Waals surface area contributed by atoms with Crippen molar-refractivity contribution in [3.05, 3.63) is 71.6 Å². The van der Waals surface area contributed by atoms with Gasteiger partial charge in [0.15, 0.2) is 0 Å². The van der Waals surface area contributed by atoms with E-state index < -0.39 is 11.2 Å². The van der Waals surface area contributed by atoms with Gasteiger partial charge in [-0.2, -0.15) is 0 Å². The number of carbonyl (C=O) groups is 2. The highest BCUT2D eigenvalue weighted by Gasteiger charge is 2.44. The van der Waals surface area contributed by atoms with Crippen molar-refractivity contribution in [2.75, 3.05) is 13.1 Å². The molecule has 2 amide bonds. The number of likely N-dealkylation sites (tertiary alicyclic amines) is 2. The first-order valence-corrected chi connectivity index (χ1v) is 20.4. The number of hydrogen-bond acceptors (Lipinski definition) is 6. The lowest BCUT2D eigenvalue weighted by Gasteiger charge is -2.28. The van der Waals surface area contributed by atoms with E-state index in [-0.39, 0.29) is 29.7 Å². The highest BCUT2D eigenvalue weighted by Crippen LogP contribution is 2.55. The van der Waals surface area contributed by atoms with E-state index in [1.165, 1.54) is 59.9 Å². The molecule has 4 aliphatic rings. The zero-order valence-electron chi connectivity index (χ0n) is 33.9. The summed E-state index contributed by atoms with van der Waals surface area (Å²) in [5.41, 5.74) is 8.83. The van der Waals surface area contributed by atoms with E-state index in [4.69, 9.17) is 19.4 Å². The molecule has 3 fully saturated rings. The van der Waals surface area contributed by atoms with Gasteiger partial charge in [0, 0.05) is 18.7 Å². The third-order valence-corrected chi connectivity index (χ3v) is 12.2. The van der Waals surface area contributed by atoms with Gasteiger partial charge >= 0.3 is 12.2 Å². The number of H-pyrrole nitrogens is 2. The molecule has 4 atom stereocenters. The number of hydrogen-bond donors (Lipinski definition) is 2. The van der Waals surface area contributed by atoms with Crippen LogP contribution < -0.4 is 0 Å². The van der Waals surface area contributed by atoms with Gasteiger partial charge in [0.1, 0.15) is 22.9 Å². The largest absolute Gasteiger partial charge is 0.444 e. The van der Waals surface area contributed by atoms with Crippen LogP contribution in [0.15, 0.2) is 48.8 Å². The molecule has 0 radical (unpaired) electrons. The van der Waals surface area contributed by atoms with Gasteiger partial charge in [0.25, 0.3) is 0 Å². The Morgan fingerprint density at radius 2 is 1.18 bits per heavy atom. The average molecular weight is 747 g/mol. The van der Waals surface area contributed by atoms with Crippen molar-refractivity contribution in [1.82, 2.24) is 29.7 Å². The summed E-state index contributed by atoms with van der Waals surface area (Å²) in [7, 11) is 0. The molecule has 292 valence electrons. The number of aromatic amines is 2. The fourth-order valence-electron chi connectivity index (χ4n) is 9.83. The van der Waals surface area contributed by atoms with Crippen LogP contribution in [0.2, 0.25) is 0 Å². The van der Waals surface area contributed by atoms with E-state index in [1.54, 1.807) is 0 Å². The molecule has 4 heterocycles. The van der Waals surface area contributed by atoms with Crippen molar-refractivity contribution in [3.63, 3.8) is 0 Å². The number of carbonyl (C=O) groups excluding carboxylic acids is 2. The predicted octanol–water partition coefficient (Wildman–Crippen LogP) is 10.5. The van der Waals surface area contributed by atoms with E-state index in [0.717, 1.165) is 47.9 Å². The molecule has 1 spiro atoms. The highest BCUT2D eigenvalue weighted by atomic mass is 16.6. The lowest BCUT2D eigenvalue weighted by Crippen LogP contribution is -2.37. The molecule has 0 bridgehead atoms. The van der Waals surface area contributed by atoms with Crippen LogP contribution in [0, 0.1) is 11.8 Å². The Hall–Kier alpha value is -4.60. The first-order valence-electron chi connectivity index (χ1n) is 20.4. The number of ether oxygens (including phenoxy) is 2. The molecule has 55 heavy (non-hydrogen) atoms. The molecule has 2 aromatic heterocycles. The smallest absolute Gasteiger partial charge is 0.410 e. The summed E-state index contributed by atoms with van der Waals surface area (Å²) in [4.78, 5) is 46.9. The number of fused-ring (bicyclic) bond motifs is 2. The van der Waals surface area contributed by atoms with Crippen LogP contribution in [0.4, 0.5) is 9.59 Å². The molecule has 8 rings (SSSR count). The topological polar surface area (TPSA) is 116 Å². The molecule has 2 aliphatic heterocycles. The number of imidazole rings is 2. The van der Waals surface area contributed by atoms with Gasteiger partial charge in [-0.15, -0.1) is 0 Å². The number of aromatic nitrogens is 4. The Morgan fingerprint density at radius 1 is 0.691 bits per heavy atom. The maximum absolute atomic E-state index is 13.2. The minimum atomic E-state index is -0.551. The van der Waals surface area contributed by atoms with Crippen molar-refractivity contribution in [2.24, 2.45) is 11.8 Å². The van der Waals surface area contributed by atoms with Gasteiger partial charge in [-0.05, 0) is 125 Å². The Kier molecular flexibility index (Phi) is 9.40. The summed E-state index contributed by atoms with van der Waals surface area (Å²) in [6.07, 6.45) is 12.2. The van der Waals surface area contributed by atoms with Gasteiger partial charge in [0.05, 0.1) is 35.9 Å². The minimum absolute atomic E-state index is 0.137. The number of rotatable bonds is 5. The molecule has 10 heteroatoms. The normalized spacial score (nSPS) is 23.5. The first kappa shape index (κ1) is 37.3. The molecule has 2 N–H and O–H groups in total. The lowest BCUT2D eigenvalue weighted by molar-refractivity contribution is 0.0204. The van der Waals surface area contributed by atoms with Crippen molar-refractivity contribution in [3.8, 4) is 33.6 Å². The maximum Gasteiger partial charge on any atom is 0.410 e. The van der Waals surface area contributed by atoms with Gasteiger partial charge in [-0.1, -0.05) is 63.1 Å². The quantitative estimate of drug-likeness (QED) is 0.210. The fourth-order valence-corrected chi connectivity index (χ4v) is 9.83. The number of benzene rings is 2. The molecule has 2 aromatic carbocycles. The van der Waals surface area contributed by atoms with Crippen molar-refractivity contribution >= 4 is 12.2 Å². The highest BCUT2D eigenvalue weighted by molar-refractivity contribution is 5.80. The second-order valence-corrected chi connectivity index (χ2v) is 18.9. The maximum atomic E-state index is 13.2. The molecule has 10 nitrogen and oxygen atoms in total. The molecule has 0 unspecified atom stereocenters. The third-order valence-electron chi connectivity index (χ3n) is 12.2. The number of nitrogens with zero attached hydrogens (tertiary/aromatic N) is 4. The molecular formula is C45H58N6O4. The molecule has 2 saturated heterocycles. The van der Waals surface area contributed by atoms with Gasteiger partial charge in [-0.25, -0.2) is 19.6 Å². The summed E-state index contributed by atoms with van der Waals surface area (Å²) < 4.78 is 11.5. The lowest BCUT2D eigenvalue weighted by atomic mass is 9.76. The summed E-state index contributed by atoms with van der Waals surface area (Å²) in [5.74, 6) is 2.36. The summed E-state index contributed by atoms with van der Waals surface area (Å²) in [6.45, 7) is 17.1. The molecule has 2 aliphatic carbocycles. The van der Waals surface area contributed by atoms with Crippen LogP contribution >= 0.6 is 0 Å². The van der Waals surface area contributed by atoms with Crippen molar-refractivity contribution in [2.45, 2.75) is 135 Å². The van der Waals surface area contributed by atoms with E-state index in [2.05, 4.69) is 60.2 Å². The summed E-state index contributed by atoms with van der Waals surface area (Å²) >= 11 is 0. The van der Waals surface area contributed by atoms with E-state index >= 15 is 0 Å². The van der Waals surface area contributed by atoms with E-state index in [9.17, 15) is 9.59 Å². The van der Waals surface area contributed by atoms with Gasteiger partial charge in [-0.3, -0.25) is 9.80 Å². The van der Waals surface area contributed by atoms with Crippen molar-refractivity contribution in [1.29, 1.82) is 0 Å². The van der Waals surface area contributed by atoms with Crippen LogP contribution in [-0.2, 0) is 21.3 Å². The van der Waals surface area contributed by atoms with Crippen LogP contribution in [0.5, 0.6) is 0 Å². The Bertz CT molecular complexity index is 2060. The first-order chi connectivity index (χ1) is 26.1. The predicted molar refractivity (Wildman–Crippen MR) is 214 cm³/mol. The van der Waals surface area contributed by atoms with E-state index in [0.29, 0.717) is 24.9 Å². The monoisotopic (exact) mass is 746 g/mol. The third kappa shape index (κ3) is 7.29. The fraction of sp³-hybridized carbons (Fsp3) is 0.556. The Morgan fingerprint density at radius 3 is 1.73 bits per heavy atom. The summed E-state index contributed by atoms with van der Waals surface area (Å²) in [5, 5.41) is 0.